The maximum absolute atomic E-state index is 6.95. The second kappa shape index (κ2) is 17.5. The van der Waals surface area contributed by atoms with Crippen LogP contribution in [0.4, 0.5) is 0 Å². The molecule has 1 aliphatic rings. The van der Waals surface area contributed by atoms with Gasteiger partial charge in [0.25, 0.3) is 0 Å². The fraction of sp³-hybridized carbons (Fsp3) is 0.333. The van der Waals surface area contributed by atoms with Crippen molar-refractivity contribution in [2.75, 3.05) is 12.4 Å². The van der Waals surface area contributed by atoms with E-state index in [1.165, 1.54) is 22.3 Å². The molecule has 1 saturated heterocycles. The van der Waals surface area contributed by atoms with Crippen molar-refractivity contribution in [1.29, 1.82) is 0 Å². The van der Waals surface area contributed by atoms with Crippen LogP contribution >= 0.6 is 47.0 Å². The molecule has 0 aromatic heterocycles. The minimum atomic E-state index is -0.229. The molecule has 4 aromatic carbocycles. The van der Waals surface area contributed by atoms with Gasteiger partial charge in [0.15, 0.2) is 6.29 Å². The van der Waals surface area contributed by atoms with Crippen LogP contribution in [0.15, 0.2) is 121 Å². The molecule has 5 rings (SSSR count). The van der Waals surface area contributed by atoms with Gasteiger partial charge in [-0.1, -0.05) is 121 Å². The summed E-state index contributed by atoms with van der Waals surface area (Å²) in [5.41, 5.74) is 5.44. The van der Waals surface area contributed by atoms with Gasteiger partial charge in [0.05, 0.1) is 11.4 Å². The molecule has 0 spiro atoms. The first-order valence-electron chi connectivity index (χ1n) is 14.7. The predicted molar refractivity (Wildman–Crippen MR) is 187 cm³/mol. The molecule has 0 bridgehead atoms. The Kier molecular flexibility index (Phi) is 13.2. The quantitative estimate of drug-likeness (QED) is 0.129. The summed E-state index contributed by atoms with van der Waals surface area (Å²) in [5.74, 6) is 4.85. The average molecular weight is 633 g/mol. The Bertz CT molecular complexity index is 1280. The molecule has 2 nitrogen and oxygen atoms in total. The first-order chi connectivity index (χ1) is 20.8. The zero-order chi connectivity index (χ0) is 28.8. The number of ether oxygens (including phenoxy) is 2. The smallest absolute Gasteiger partial charge is 0.170 e. The van der Waals surface area contributed by atoms with E-state index >= 15 is 0 Å². The lowest BCUT2D eigenvalue weighted by Crippen LogP contribution is -2.55. The molecule has 220 valence electrons. The van der Waals surface area contributed by atoms with E-state index < -0.39 is 0 Å². The minimum absolute atomic E-state index is 0.103. The zero-order valence-corrected chi connectivity index (χ0v) is 27.4. The van der Waals surface area contributed by atoms with E-state index in [2.05, 4.69) is 152 Å². The molecule has 6 heteroatoms. The van der Waals surface area contributed by atoms with Gasteiger partial charge >= 0.3 is 0 Å². The molecular formula is C36H40O2S4. The Morgan fingerprint density at radius 3 is 1.38 bits per heavy atom. The molecule has 42 heavy (non-hydrogen) atoms. The summed E-state index contributed by atoms with van der Waals surface area (Å²) >= 11 is 8.13. The van der Waals surface area contributed by atoms with Gasteiger partial charge in [-0.3, -0.25) is 0 Å². The fourth-order valence-electron chi connectivity index (χ4n) is 5.05. The average Bonchev–Trinajstić information content (AvgIpc) is 3.05. The molecule has 0 N–H and O–H groups in total. The van der Waals surface area contributed by atoms with Gasteiger partial charge < -0.3 is 9.47 Å². The fourth-order valence-corrected chi connectivity index (χ4v) is 11.1. The van der Waals surface area contributed by atoms with Crippen molar-refractivity contribution in [3.05, 3.63) is 144 Å². The number of hydrogen-bond donors (Lipinski definition) is 0. The number of thioether (sulfide) groups is 4. The van der Waals surface area contributed by atoms with Crippen LogP contribution in [0.5, 0.6) is 0 Å². The van der Waals surface area contributed by atoms with Gasteiger partial charge in [-0.25, -0.2) is 0 Å². The highest BCUT2D eigenvalue weighted by Crippen LogP contribution is 2.45. The van der Waals surface area contributed by atoms with Gasteiger partial charge in [0.1, 0.15) is 0 Å². The molecular weight excluding hydrogens is 593 g/mol. The molecule has 5 atom stereocenters. The molecule has 1 heterocycles. The van der Waals surface area contributed by atoms with Crippen LogP contribution in [-0.4, -0.2) is 40.5 Å². The summed E-state index contributed by atoms with van der Waals surface area (Å²) in [6.45, 7) is 2.73. The number of benzene rings is 4. The summed E-state index contributed by atoms with van der Waals surface area (Å²) in [7, 11) is 0. The molecule has 1 fully saturated rings. The van der Waals surface area contributed by atoms with Gasteiger partial charge in [0, 0.05) is 45.9 Å². The Hall–Kier alpha value is -1.80. The van der Waals surface area contributed by atoms with Crippen molar-refractivity contribution in [2.45, 2.75) is 58.1 Å². The van der Waals surface area contributed by atoms with E-state index in [1.807, 2.05) is 23.5 Å². The van der Waals surface area contributed by atoms with Crippen molar-refractivity contribution in [3.63, 3.8) is 0 Å². The third-order valence-corrected chi connectivity index (χ3v) is 13.0. The van der Waals surface area contributed by atoms with Crippen LogP contribution in [0.3, 0.4) is 0 Å². The highest BCUT2D eigenvalue weighted by Gasteiger charge is 2.47. The second-order valence-electron chi connectivity index (χ2n) is 10.3. The molecule has 0 saturated carbocycles. The van der Waals surface area contributed by atoms with Gasteiger partial charge in [-0.05, 0) is 29.2 Å². The summed E-state index contributed by atoms with van der Waals surface area (Å²) in [5, 5.41) is 0.940. The summed E-state index contributed by atoms with van der Waals surface area (Å²) in [6, 6.07) is 43.3. The van der Waals surface area contributed by atoms with E-state index in [0.717, 1.165) is 28.8 Å². The third-order valence-electron chi connectivity index (χ3n) is 7.17. The largest absolute Gasteiger partial charge is 0.352 e. The SMILES string of the molecule is CCO[C@H]1O[C@H](CSCc2ccccc2)[C@H](SCc2ccccc2)[C@H](SCc2ccccc2)[C@@H]1SCc1ccccc1. The van der Waals surface area contributed by atoms with Crippen molar-refractivity contribution < 1.29 is 9.47 Å². The second-order valence-corrected chi connectivity index (χ2v) is 14.8. The molecule has 0 unspecified atom stereocenters. The highest BCUT2D eigenvalue weighted by atomic mass is 32.2. The van der Waals surface area contributed by atoms with E-state index in [0.29, 0.717) is 17.1 Å². The number of hydrogen-bond acceptors (Lipinski definition) is 6. The van der Waals surface area contributed by atoms with Crippen LogP contribution in [0.2, 0.25) is 0 Å². The van der Waals surface area contributed by atoms with Crippen molar-refractivity contribution in [2.24, 2.45) is 0 Å². The Morgan fingerprint density at radius 1 is 0.524 bits per heavy atom. The molecule has 0 aliphatic carbocycles. The number of rotatable bonds is 15. The lowest BCUT2D eigenvalue weighted by Gasteiger charge is -2.46. The zero-order valence-electron chi connectivity index (χ0n) is 24.1. The van der Waals surface area contributed by atoms with Crippen LogP contribution in [0, 0.1) is 0 Å². The molecule has 4 aromatic rings. The van der Waals surface area contributed by atoms with Gasteiger partial charge in [0.2, 0.25) is 0 Å². The predicted octanol–water partition coefficient (Wildman–Crippen LogP) is 9.59. The van der Waals surface area contributed by atoms with Crippen LogP contribution < -0.4 is 0 Å². The molecule has 0 radical (unpaired) electrons. The third kappa shape index (κ3) is 9.60. The lowest BCUT2D eigenvalue weighted by molar-refractivity contribution is -0.177. The molecule has 1 aliphatic heterocycles. The van der Waals surface area contributed by atoms with Crippen LogP contribution in [0.1, 0.15) is 29.2 Å². The standard InChI is InChI=1S/C36H40O2S4/c1-2-37-36-35(42-26-31-21-13-6-14-22-31)34(41-25-30-19-11-5-12-20-30)33(40-24-29-17-9-4-10-18-29)32(38-36)27-39-23-28-15-7-3-8-16-28/h3-22,32-36H,2,23-27H2,1H3/t32-,33+,34+,35+,36+/m1/s1. The Labute approximate surface area is 269 Å². The van der Waals surface area contributed by atoms with Gasteiger partial charge in [-0.2, -0.15) is 23.5 Å². The van der Waals surface area contributed by atoms with Crippen molar-refractivity contribution in [3.8, 4) is 0 Å². The minimum Gasteiger partial charge on any atom is -0.352 e. The lowest BCUT2D eigenvalue weighted by atomic mass is 10.1. The highest BCUT2D eigenvalue weighted by molar-refractivity contribution is 8.05. The topological polar surface area (TPSA) is 18.5 Å². The summed E-state index contributed by atoms with van der Waals surface area (Å²) in [6.07, 6.45) is -0.126. The van der Waals surface area contributed by atoms with Crippen LogP contribution in [-0.2, 0) is 32.5 Å². The van der Waals surface area contributed by atoms with E-state index in [-0.39, 0.29) is 17.6 Å². The maximum Gasteiger partial charge on any atom is 0.170 e. The maximum atomic E-state index is 6.95. The van der Waals surface area contributed by atoms with E-state index in [9.17, 15) is 0 Å². The van der Waals surface area contributed by atoms with Crippen molar-refractivity contribution in [1.82, 2.24) is 0 Å². The summed E-state index contributed by atoms with van der Waals surface area (Å²) < 4.78 is 13.3. The van der Waals surface area contributed by atoms with Crippen molar-refractivity contribution >= 4 is 47.0 Å². The molecule has 0 amide bonds. The summed E-state index contributed by atoms with van der Waals surface area (Å²) in [4.78, 5) is 0. The van der Waals surface area contributed by atoms with E-state index in [1.54, 1.807) is 0 Å². The van der Waals surface area contributed by atoms with E-state index in [4.69, 9.17) is 9.47 Å². The first kappa shape index (κ1) is 31.6. The first-order valence-corrected chi connectivity index (χ1v) is 19.0. The normalized spacial score (nSPS) is 22.2. The monoisotopic (exact) mass is 632 g/mol. The Morgan fingerprint density at radius 2 is 0.929 bits per heavy atom. The van der Waals surface area contributed by atoms with Gasteiger partial charge in [-0.15, -0.1) is 23.5 Å². The van der Waals surface area contributed by atoms with Crippen LogP contribution in [0.25, 0.3) is 0 Å². The Balaban J connectivity index is 1.40.